The molecule has 2 heterocycles. The molecule has 2 aliphatic heterocycles. The molecule has 0 amide bonds. The highest BCUT2D eigenvalue weighted by Gasteiger charge is 2.41. The molecule has 1 aromatic rings. The van der Waals surface area contributed by atoms with E-state index in [9.17, 15) is 0 Å². The average molecular weight is 356 g/mol. The SMILES string of the molecule is COc1ccc(C[C@@H]2CN3C(=NC[C@@H]3C)N2CC2CCC(C)CC2)cc1. The first kappa shape index (κ1) is 17.7. The molecule has 4 heteroatoms. The maximum Gasteiger partial charge on any atom is 0.197 e. The molecule has 142 valence electrons. The summed E-state index contributed by atoms with van der Waals surface area (Å²) in [7, 11) is 1.73. The Balaban J connectivity index is 1.47. The van der Waals surface area contributed by atoms with Gasteiger partial charge in [-0.3, -0.25) is 4.99 Å². The minimum atomic E-state index is 0.546. The van der Waals surface area contributed by atoms with Gasteiger partial charge in [0.1, 0.15) is 5.75 Å². The third kappa shape index (κ3) is 3.56. The fourth-order valence-corrected chi connectivity index (χ4v) is 4.84. The number of benzene rings is 1. The van der Waals surface area contributed by atoms with Crippen molar-refractivity contribution >= 4 is 5.96 Å². The van der Waals surface area contributed by atoms with Gasteiger partial charge in [-0.25, -0.2) is 0 Å². The summed E-state index contributed by atoms with van der Waals surface area (Å²) in [5.74, 6) is 3.96. The van der Waals surface area contributed by atoms with Crippen molar-refractivity contribution in [2.75, 3.05) is 26.7 Å². The van der Waals surface area contributed by atoms with Crippen molar-refractivity contribution in [2.45, 2.75) is 58.0 Å². The summed E-state index contributed by atoms with van der Waals surface area (Å²) in [6.45, 7) is 7.99. The van der Waals surface area contributed by atoms with E-state index >= 15 is 0 Å². The Kier molecular flexibility index (Phi) is 5.10. The van der Waals surface area contributed by atoms with E-state index in [-0.39, 0.29) is 0 Å². The fourth-order valence-electron chi connectivity index (χ4n) is 4.84. The maximum atomic E-state index is 5.31. The molecule has 4 rings (SSSR count). The van der Waals surface area contributed by atoms with Crippen LogP contribution in [-0.2, 0) is 6.42 Å². The molecule has 0 spiro atoms. The molecule has 0 radical (unpaired) electrons. The predicted molar refractivity (Wildman–Crippen MR) is 107 cm³/mol. The van der Waals surface area contributed by atoms with Gasteiger partial charge in [-0.15, -0.1) is 0 Å². The molecule has 2 atom stereocenters. The van der Waals surface area contributed by atoms with Gasteiger partial charge in [-0.2, -0.15) is 0 Å². The number of aliphatic imine (C=N–C) groups is 1. The first-order chi connectivity index (χ1) is 12.6. The van der Waals surface area contributed by atoms with Crippen LogP contribution < -0.4 is 4.74 Å². The lowest BCUT2D eigenvalue weighted by molar-refractivity contribution is 0.218. The molecule has 3 aliphatic rings. The summed E-state index contributed by atoms with van der Waals surface area (Å²) < 4.78 is 5.31. The molecule has 26 heavy (non-hydrogen) atoms. The standard InChI is InChI=1S/C22H33N3O/c1-16-4-6-19(7-5-16)14-25-20(15-24-17(2)13-23-22(24)25)12-18-8-10-21(26-3)11-9-18/h8-11,16-17,19-20H,4-7,12-15H2,1-3H3/t16?,17-,19?,20+/m0/s1. The Bertz CT molecular complexity index is 633. The molecule has 1 aromatic carbocycles. The van der Waals surface area contributed by atoms with Crippen LogP contribution in [-0.4, -0.2) is 54.6 Å². The molecular formula is C22H33N3O. The average Bonchev–Trinajstić information content (AvgIpc) is 3.18. The molecule has 1 saturated carbocycles. The molecule has 0 bridgehead atoms. The quantitative estimate of drug-likeness (QED) is 0.804. The smallest absolute Gasteiger partial charge is 0.197 e. The number of hydrogen-bond acceptors (Lipinski definition) is 4. The van der Waals surface area contributed by atoms with E-state index in [2.05, 4.69) is 47.9 Å². The lowest BCUT2D eigenvalue weighted by Gasteiger charge is -2.33. The molecule has 1 aliphatic carbocycles. The van der Waals surface area contributed by atoms with E-state index in [1.165, 1.54) is 43.8 Å². The van der Waals surface area contributed by atoms with Crippen molar-refractivity contribution in [2.24, 2.45) is 16.8 Å². The van der Waals surface area contributed by atoms with Crippen LogP contribution in [0.3, 0.4) is 0 Å². The summed E-state index contributed by atoms with van der Waals surface area (Å²) >= 11 is 0. The Morgan fingerprint density at radius 1 is 1.08 bits per heavy atom. The third-order valence-corrected chi connectivity index (χ3v) is 6.61. The zero-order valence-electron chi connectivity index (χ0n) is 16.5. The first-order valence-electron chi connectivity index (χ1n) is 10.3. The number of guanidine groups is 1. The van der Waals surface area contributed by atoms with E-state index in [1.54, 1.807) is 7.11 Å². The lowest BCUT2D eigenvalue weighted by Crippen LogP contribution is -2.40. The van der Waals surface area contributed by atoms with Crippen LogP contribution in [0.25, 0.3) is 0 Å². The van der Waals surface area contributed by atoms with Crippen molar-refractivity contribution in [3.63, 3.8) is 0 Å². The van der Waals surface area contributed by atoms with Gasteiger partial charge in [0, 0.05) is 19.1 Å². The molecule has 0 aromatic heterocycles. The van der Waals surface area contributed by atoms with Crippen molar-refractivity contribution in [1.82, 2.24) is 9.80 Å². The molecule has 0 N–H and O–H groups in total. The van der Waals surface area contributed by atoms with Gasteiger partial charge in [-0.05, 0) is 55.7 Å². The van der Waals surface area contributed by atoms with Crippen LogP contribution in [0.15, 0.2) is 29.3 Å². The molecule has 1 saturated heterocycles. The normalized spacial score (nSPS) is 31.1. The van der Waals surface area contributed by atoms with Crippen LogP contribution in [0.2, 0.25) is 0 Å². The second-order valence-electron chi connectivity index (χ2n) is 8.63. The number of methoxy groups -OCH3 is 1. The molecule has 2 fully saturated rings. The van der Waals surface area contributed by atoms with Crippen molar-refractivity contribution in [3.05, 3.63) is 29.8 Å². The maximum absolute atomic E-state index is 5.31. The van der Waals surface area contributed by atoms with Crippen molar-refractivity contribution in [1.29, 1.82) is 0 Å². The van der Waals surface area contributed by atoms with Crippen LogP contribution in [0.1, 0.15) is 45.1 Å². The van der Waals surface area contributed by atoms with Gasteiger partial charge in [0.25, 0.3) is 0 Å². The van der Waals surface area contributed by atoms with Crippen LogP contribution >= 0.6 is 0 Å². The van der Waals surface area contributed by atoms with Gasteiger partial charge in [-0.1, -0.05) is 31.9 Å². The second-order valence-corrected chi connectivity index (χ2v) is 8.63. The fraction of sp³-hybridized carbons (Fsp3) is 0.682. The van der Waals surface area contributed by atoms with Gasteiger partial charge < -0.3 is 14.5 Å². The summed E-state index contributed by atoms with van der Waals surface area (Å²) in [5.41, 5.74) is 1.40. The first-order valence-corrected chi connectivity index (χ1v) is 10.3. The number of nitrogens with zero attached hydrogens (tertiary/aromatic N) is 3. The number of rotatable bonds is 5. The highest BCUT2D eigenvalue weighted by atomic mass is 16.5. The Hall–Kier alpha value is -1.71. The van der Waals surface area contributed by atoms with Gasteiger partial charge in [0.05, 0.1) is 19.7 Å². The van der Waals surface area contributed by atoms with Gasteiger partial charge in [0.2, 0.25) is 0 Å². The van der Waals surface area contributed by atoms with E-state index in [1.807, 2.05) is 0 Å². The van der Waals surface area contributed by atoms with E-state index in [0.717, 1.165) is 37.1 Å². The summed E-state index contributed by atoms with van der Waals surface area (Å²) in [5, 5.41) is 0. The molecule has 4 nitrogen and oxygen atoms in total. The van der Waals surface area contributed by atoms with Crippen LogP contribution in [0, 0.1) is 11.8 Å². The van der Waals surface area contributed by atoms with Crippen molar-refractivity contribution < 1.29 is 4.74 Å². The van der Waals surface area contributed by atoms with Crippen molar-refractivity contribution in [3.8, 4) is 5.75 Å². The highest BCUT2D eigenvalue weighted by molar-refractivity contribution is 5.84. The van der Waals surface area contributed by atoms with E-state index in [0.29, 0.717) is 12.1 Å². The number of fused-ring (bicyclic) bond motifs is 1. The summed E-state index contributed by atoms with van der Waals surface area (Å²) in [4.78, 5) is 10.1. The minimum Gasteiger partial charge on any atom is -0.497 e. The Morgan fingerprint density at radius 3 is 2.50 bits per heavy atom. The molecular weight excluding hydrogens is 322 g/mol. The zero-order valence-corrected chi connectivity index (χ0v) is 16.5. The lowest BCUT2D eigenvalue weighted by atomic mass is 9.82. The van der Waals surface area contributed by atoms with Gasteiger partial charge in [0.15, 0.2) is 5.96 Å². The van der Waals surface area contributed by atoms with E-state index < -0.39 is 0 Å². The summed E-state index contributed by atoms with van der Waals surface area (Å²) in [6, 6.07) is 9.70. The monoisotopic (exact) mass is 355 g/mol. The largest absolute Gasteiger partial charge is 0.497 e. The summed E-state index contributed by atoms with van der Waals surface area (Å²) in [6.07, 6.45) is 6.66. The highest BCUT2D eigenvalue weighted by Crippen LogP contribution is 2.33. The van der Waals surface area contributed by atoms with E-state index in [4.69, 9.17) is 9.73 Å². The minimum absolute atomic E-state index is 0.546. The molecule has 0 unspecified atom stereocenters. The topological polar surface area (TPSA) is 28.1 Å². The zero-order chi connectivity index (χ0) is 18.1. The number of hydrogen-bond donors (Lipinski definition) is 0. The Labute approximate surface area is 158 Å². The van der Waals surface area contributed by atoms with Gasteiger partial charge >= 0.3 is 0 Å². The van der Waals surface area contributed by atoms with Crippen LogP contribution in [0.4, 0.5) is 0 Å². The second kappa shape index (κ2) is 7.50. The van der Waals surface area contributed by atoms with Crippen LogP contribution in [0.5, 0.6) is 5.75 Å². The predicted octanol–water partition coefficient (Wildman–Crippen LogP) is 3.81. The Morgan fingerprint density at radius 2 is 1.81 bits per heavy atom. The third-order valence-electron chi connectivity index (χ3n) is 6.61. The number of ether oxygens (including phenoxy) is 1.